The number of hydrogen-bond donors (Lipinski definition) is 1. The highest BCUT2D eigenvalue weighted by Crippen LogP contribution is 2.42. The highest BCUT2D eigenvalue weighted by molar-refractivity contribution is 7.99. The Hall–Kier alpha value is 0.230. The maximum absolute atomic E-state index is 6.18. The Kier molecular flexibility index (Phi) is 5.29. The van der Waals surface area contributed by atoms with Gasteiger partial charge in [0.15, 0.2) is 0 Å². The fourth-order valence-electron chi connectivity index (χ4n) is 4.12. The summed E-state index contributed by atoms with van der Waals surface area (Å²) in [6.45, 7) is 5.16. The molecule has 4 unspecified atom stereocenters. The molecule has 1 N–H and O–H groups in total. The van der Waals surface area contributed by atoms with Gasteiger partial charge < -0.3 is 14.8 Å². The van der Waals surface area contributed by atoms with Crippen molar-refractivity contribution in [2.45, 2.75) is 63.2 Å². The Balaban J connectivity index is 1.66. The third kappa shape index (κ3) is 3.34. The Morgan fingerprint density at radius 2 is 2.25 bits per heavy atom. The van der Waals surface area contributed by atoms with Crippen LogP contribution in [0.1, 0.15) is 45.4 Å². The number of rotatable bonds is 4. The van der Waals surface area contributed by atoms with E-state index in [0.717, 1.165) is 25.7 Å². The zero-order valence-corrected chi connectivity index (χ0v) is 13.6. The van der Waals surface area contributed by atoms with Crippen LogP contribution in [-0.2, 0) is 9.47 Å². The minimum Gasteiger partial charge on any atom is -0.377 e. The average molecular weight is 299 g/mol. The van der Waals surface area contributed by atoms with Crippen LogP contribution in [0.3, 0.4) is 0 Å². The highest BCUT2D eigenvalue weighted by atomic mass is 32.2. The molecule has 0 aromatic carbocycles. The molecule has 3 aliphatic heterocycles. The lowest BCUT2D eigenvalue weighted by Gasteiger charge is -2.44. The van der Waals surface area contributed by atoms with Crippen LogP contribution in [0.15, 0.2) is 0 Å². The van der Waals surface area contributed by atoms with Crippen molar-refractivity contribution in [1.29, 1.82) is 0 Å². The second-order valence-electron chi connectivity index (χ2n) is 6.58. The van der Waals surface area contributed by atoms with Gasteiger partial charge in [0.1, 0.15) is 0 Å². The average Bonchev–Trinajstić information content (AvgIpc) is 2.93. The van der Waals surface area contributed by atoms with E-state index in [1.54, 1.807) is 0 Å². The monoisotopic (exact) mass is 299 g/mol. The van der Waals surface area contributed by atoms with Crippen molar-refractivity contribution < 1.29 is 9.47 Å². The molecule has 4 heteroatoms. The molecule has 0 aromatic rings. The predicted octanol–water partition coefficient (Wildman–Crippen LogP) is 2.84. The molecule has 0 aliphatic carbocycles. The van der Waals surface area contributed by atoms with E-state index < -0.39 is 0 Å². The van der Waals surface area contributed by atoms with E-state index in [-0.39, 0.29) is 5.60 Å². The van der Waals surface area contributed by atoms with Crippen molar-refractivity contribution in [3.05, 3.63) is 0 Å². The van der Waals surface area contributed by atoms with Gasteiger partial charge in [-0.25, -0.2) is 0 Å². The largest absolute Gasteiger partial charge is 0.377 e. The second-order valence-corrected chi connectivity index (χ2v) is 7.68. The standard InChI is InChI=1S/C16H29NO2S/c1-2-17-15(14-5-3-4-8-18-14)13-6-9-19-16(11-13)7-10-20-12-16/h13-15,17H,2-12H2,1H3. The van der Waals surface area contributed by atoms with E-state index in [1.165, 1.54) is 50.0 Å². The first-order chi connectivity index (χ1) is 9.83. The molecule has 0 radical (unpaired) electrons. The lowest BCUT2D eigenvalue weighted by molar-refractivity contribution is -0.102. The molecular weight excluding hydrogens is 270 g/mol. The molecule has 4 atom stereocenters. The van der Waals surface area contributed by atoms with E-state index in [4.69, 9.17) is 9.47 Å². The fraction of sp³-hybridized carbons (Fsp3) is 1.00. The van der Waals surface area contributed by atoms with Crippen molar-refractivity contribution in [3.63, 3.8) is 0 Å². The lowest BCUT2D eigenvalue weighted by Crippen LogP contribution is -2.53. The molecule has 3 nitrogen and oxygen atoms in total. The van der Waals surface area contributed by atoms with E-state index in [2.05, 4.69) is 24.0 Å². The van der Waals surface area contributed by atoms with Crippen LogP contribution in [0.5, 0.6) is 0 Å². The van der Waals surface area contributed by atoms with Crippen molar-refractivity contribution in [3.8, 4) is 0 Å². The molecule has 3 saturated heterocycles. The molecule has 3 aliphatic rings. The molecule has 0 aromatic heterocycles. The zero-order chi connectivity index (χ0) is 13.8. The van der Waals surface area contributed by atoms with Gasteiger partial charge in [-0.15, -0.1) is 0 Å². The summed E-state index contributed by atoms with van der Waals surface area (Å²) in [5, 5.41) is 3.74. The van der Waals surface area contributed by atoms with Gasteiger partial charge in [-0.05, 0) is 56.7 Å². The van der Waals surface area contributed by atoms with Crippen LogP contribution in [0.4, 0.5) is 0 Å². The molecule has 3 heterocycles. The minimum absolute atomic E-state index is 0.190. The summed E-state index contributed by atoms with van der Waals surface area (Å²) >= 11 is 2.07. The topological polar surface area (TPSA) is 30.5 Å². The minimum atomic E-state index is 0.190. The van der Waals surface area contributed by atoms with Crippen LogP contribution < -0.4 is 5.32 Å². The quantitative estimate of drug-likeness (QED) is 0.865. The second kappa shape index (κ2) is 6.99. The molecule has 0 bridgehead atoms. The summed E-state index contributed by atoms with van der Waals surface area (Å²) in [6.07, 6.45) is 7.91. The first-order valence-electron chi connectivity index (χ1n) is 8.40. The van der Waals surface area contributed by atoms with E-state index in [0.29, 0.717) is 12.1 Å². The molecule has 3 fully saturated rings. The smallest absolute Gasteiger partial charge is 0.0783 e. The van der Waals surface area contributed by atoms with Gasteiger partial charge in [0, 0.05) is 25.0 Å². The summed E-state index contributed by atoms with van der Waals surface area (Å²) in [7, 11) is 0. The first-order valence-corrected chi connectivity index (χ1v) is 9.55. The van der Waals surface area contributed by atoms with E-state index >= 15 is 0 Å². The van der Waals surface area contributed by atoms with Gasteiger partial charge in [-0.2, -0.15) is 11.8 Å². The number of nitrogens with one attached hydrogen (secondary N) is 1. The zero-order valence-electron chi connectivity index (χ0n) is 12.7. The summed E-state index contributed by atoms with van der Waals surface area (Å²) < 4.78 is 12.3. The van der Waals surface area contributed by atoms with Crippen LogP contribution in [0.2, 0.25) is 0 Å². The van der Waals surface area contributed by atoms with Crippen molar-refractivity contribution in [1.82, 2.24) is 5.32 Å². The van der Waals surface area contributed by atoms with Gasteiger partial charge >= 0.3 is 0 Å². The number of likely N-dealkylation sites (N-methyl/N-ethyl adjacent to an activating group) is 1. The highest BCUT2D eigenvalue weighted by Gasteiger charge is 2.44. The Morgan fingerprint density at radius 3 is 2.95 bits per heavy atom. The third-order valence-corrected chi connectivity index (χ3v) is 6.38. The Labute approximate surface area is 127 Å². The normalized spacial score (nSPS) is 40.0. The molecule has 20 heavy (non-hydrogen) atoms. The molecule has 0 saturated carbocycles. The van der Waals surface area contributed by atoms with Gasteiger partial charge in [-0.3, -0.25) is 0 Å². The molecule has 3 rings (SSSR count). The van der Waals surface area contributed by atoms with Crippen LogP contribution >= 0.6 is 11.8 Å². The molecular formula is C16H29NO2S. The molecule has 0 amide bonds. The van der Waals surface area contributed by atoms with Gasteiger partial charge in [0.05, 0.1) is 11.7 Å². The van der Waals surface area contributed by atoms with E-state index in [9.17, 15) is 0 Å². The third-order valence-electron chi connectivity index (χ3n) is 5.16. The Bertz CT molecular complexity index is 301. The van der Waals surface area contributed by atoms with Gasteiger partial charge in [0.2, 0.25) is 0 Å². The SMILES string of the molecule is CCNC(C1CCOC2(CCSC2)C1)C1CCCCO1. The van der Waals surface area contributed by atoms with Crippen molar-refractivity contribution >= 4 is 11.8 Å². The van der Waals surface area contributed by atoms with Crippen LogP contribution in [0, 0.1) is 5.92 Å². The lowest BCUT2D eigenvalue weighted by atomic mass is 9.78. The number of hydrogen-bond acceptors (Lipinski definition) is 4. The predicted molar refractivity (Wildman–Crippen MR) is 84.4 cm³/mol. The van der Waals surface area contributed by atoms with Crippen LogP contribution in [0.25, 0.3) is 0 Å². The van der Waals surface area contributed by atoms with Crippen LogP contribution in [-0.4, -0.2) is 49.0 Å². The summed E-state index contributed by atoms with van der Waals surface area (Å²) in [6, 6.07) is 0.534. The fourth-order valence-corrected chi connectivity index (χ4v) is 5.50. The van der Waals surface area contributed by atoms with Gasteiger partial charge in [0.25, 0.3) is 0 Å². The Morgan fingerprint density at radius 1 is 1.30 bits per heavy atom. The maximum Gasteiger partial charge on any atom is 0.0783 e. The van der Waals surface area contributed by atoms with Gasteiger partial charge in [-0.1, -0.05) is 6.92 Å². The van der Waals surface area contributed by atoms with E-state index in [1.807, 2.05) is 0 Å². The first kappa shape index (κ1) is 15.1. The number of thioether (sulfide) groups is 1. The van der Waals surface area contributed by atoms with Crippen molar-refractivity contribution in [2.24, 2.45) is 5.92 Å². The molecule has 1 spiro atoms. The number of ether oxygens (including phenoxy) is 2. The summed E-state index contributed by atoms with van der Waals surface area (Å²) in [5.41, 5.74) is 0.190. The summed E-state index contributed by atoms with van der Waals surface area (Å²) in [4.78, 5) is 0. The van der Waals surface area contributed by atoms with Crippen molar-refractivity contribution in [2.75, 3.05) is 31.3 Å². The molecule has 116 valence electrons. The summed E-state index contributed by atoms with van der Waals surface area (Å²) in [5.74, 6) is 3.21. The maximum atomic E-state index is 6.18.